The van der Waals surface area contributed by atoms with Crippen molar-refractivity contribution >= 4 is 32.2 Å². The molecule has 12 heteroatoms. The second-order valence-electron chi connectivity index (χ2n) is 8.27. The zero-order valence-electron chi connectivity index (χ0n) is 19.6. The molecule has 2 aromatic rings. The molecule has 0 saturated carbocycles. The summed E-state index contributed by atoms with van der Waals surface area (Å²) in [6, 6.07) is 17.7. The van der Waals surface area contributed by atoms with E-state index in [9.17, 15) is 25.9 Å². The Morgan fingerprint density at radius 3 is 0.875 bits per heavy atom. The third kappa shape index (κ3) is 12.8. The Bertz CT molecular complexity index is 949. The van der Waals surface area contributed by atoms with Crippen LogP contribution in [0.2, 0.25) is 0 Å². The zero-order valence-corrected chi connectivity index (χ0v) is 21.2. The SMILES string of the molecule is COS(=O)(=O)[O-].COS(=O)(=O)[O-].C[N+](C)(C)c1ccc(-c2ccc([N+](C)(C)C)cc2)cc1. The molecule has 0 aliphatic rings. The summed E-state index contributed by atoms with van der Waals surface area (Å²) in [5.41, 5.74) is 5.18. The average molecular weight is 493 g/mol. The Balaban J connectivity index is 0.000000662. The van der Waals surface area contributed by atoms with Gasteiger partial charge in [0.15, 0.2) is 0 Å². The highest BCUT2D eigenvalue weighted by Crippen LogP contribution is 2.26. The van der Waals surface area contributed by atoms with Crippen molar-refractivity contribution in [2.45, 2.75) is 0 Å². The fourth-order valence-electron chi connectivity index (χ4n) is 2.20. The van der Waals surface area contributed by atoms with Gasteiger partial charge in [0.2, 0.25) is 20.8 Å². The van der Waals surface area contributed by atoms with E-state index in [2.05, 4.69) is 99.2 Å². The Labute approximate surface area is 191 Å². The molecule has 0 heterocycles. The summed E-state index contributed by atoms with van der Waals surface area (Å²) >= 11 is 0. The van der Waals surface area contributed by atoms with Crippen molar-refractivity contribution in [1.82, 2.24) is 8.97 Å². The molecule has 0 aliphatic carbocycles. The lowest BCUT2D eigenvalue weighted by Crippen LogP contribution is -2.34. The number of hydrogen-bond acceptors (Lipinski definition) is 8. The molecule has 0 amide bonds. The number of rotatable bonds is 5. The second-order valence-corrected chi connectivity index (χ2v) is 10.6. The molecule has 0 bridgehead atoms. The topological polar surface area (TPSA) is 133 Å². The summed E-state index contributed by atoms with van der Waals surface area (Å²) < 4.78 is 63.7. The Kier molecular flexibility index (Phi) is 11.1. The van der Waals surface area contributed by atoms with E-state index in [4.69, 9.17) is 0 Å². The Hall–Kier alpha value is -1.90. The highest BCUT2D eigenvalue weighted by molar-refractivity contribution is 7.81. The molecule has 0 unspecified atom stereocenters. The van der Waals surface area contributed by atoms with Crippen LogP contribution in [0.5, 0.6) is 0 Å². The molecule has 0 fully saturated rings. The van der Waals surface area contributed by atoms with Gasteiger partial charge in [0.25, 0.3) is 0 Å². The van der Waals surface area contributed by atoms with Crippen molar-refractivity contribution in [3.63, 3.8) is 0 Å². The summed E-state index contributed by atoms with van der Waals surface area (Å²) in [5.74, 6) is 0. The largest absolute Gasteiger partial charge is 0.726 e. The van der Waals surface area contributed by atoms with E-state index in [-0.39, 0.29) is 0 Å². The minimum absolute atomic E-state index is 0.808. The zero-order chi connectivity index (χ0) is 25.4. The average Bonchev–Trinajstić information content (AvgIpc) is 2.67. The van der Waals surface area contributed by atoms with Gasteiger partial charge in [-0.1, -0.05) is 0 Å². The summed E-state index contributed by atoms with van der Waals surface area (Å²) in [4.78, 5) is 0. The molecule has 0 saturated heterocycles. The van der Waals surface area contributed by atoms with Crippen LogP contribution < -0.4 is 8.97 Å². The predicted molar refractivity (Wildman–Crippen MR) is 124 cm³/mol. The first kappa shape index (κ1) is 30.1. The van der Waals surface area contributed by atoms with Crippen LogP contribution in [-0.4, -0.2) is 82.4 Å². The van der Waals surface area contributed by atoms with Gasteiger partial charge in [-0.2, -0.15) is 0 Å². The van der Waals surface area contributed by atoms with Crippen LogP contribution in [0, 0.1) is 0 Å². The van der Waals surface area contributed by atoms with Crippen molar-refractivity contribution in [3.8, 4) is 11.1 Å². The molecule has 2 rings (SSSR count). The minimum Gasteiger partial charge on any atom is -0.726 e. The van der Waals surface area contributed by atoms with Gasteiger partial charge in [-0.05, 0) is 59.7 Å². The van der Waals surface area contributed by atoms with E-state index in [0.29, 0.717) is 0 Å². The lowest BCUT2D eigenvalue weighted by Gasteiger charge is -2.24. The molecule has 0 atom stereocenters. The molecular formula is C20H32N2O8S2. The van der Waals surface area contributed by atoms with Crippen LogP contribution in [0.3, 0.4) is 0 Å². The lowest BCUT2D eigenvalue weighted by atomic mass is 10.0. The highest BCUT2D eigenvalue weighted by atomic mass is 32.3. The van der Waals surface area contributed by atoms with E-state index in [1.54, 1.807) is 0 Å². The molecular weight excluding hydrogens is 460 g/mol. The summed E-state index contributed by atoms with van der Waals surface area (Å²) in [5, 5.41) is 0. The van der Waals surface area contributed by atoms with Gasteiger partial charge in [0.1, 0.15) is 11.4 Å². The summed E-state index contributed by atoms with van der Waals surface area (Å²) in [7, 11) is 5.91. The number of benzene rings is 2. The first-order chi connectivity index (χ1) is 14.3. The maximum atomic E-state index is 9.22. The molecule has 0 spiro atoms. The fourth-order valence-corrected chi connectivity index (χ4v) is 2.20. The minimum atomic E-state index is -4.41. The standard InChI is InChI=1S/C18H26N2.2CH4O4S/c1-19(2,3)17-11-7-15(8-12-17)16-9-13-18(14-10-16)20(4,5)6;2*1-5-6(2,3)4/h7-14H,1-6H3;2*1H3,(H,2,3,4)/q+2;;/p-2. The van der Waals surface area contributed by atoms with Crippen LogP contribution in [0.25, 0.3) is 11.1 Å². The van der Waals surface area contributed by atoms with E-state index in [1.165, 1.54) is 22.5 Å². The van der Waals surface area contributed by atoms with Gasteiger partial charge in [-0.25, -0.2) is 16.8 Å². The Morgan fingerprint density at radius 1 is 0.562 bits per heavy atom. The molecule has 2 aromatic carbocycles. The summed E-state index contributed by atoms with van der Waals surface area (Å²) in [6.07, 6.45) is 0. The van der Waals surface area contributed by atoms with Crippen LogP contribution >= 0.6 is 0 Å². The third-order valence-electron chi connectivity index (χ3n) is 4.03. The number of hydrogen-bond donors (Lipinski definition) is 0. The molecule has 0 radical (unpaired) electrons. The normalized spacial score (nSPS) is 12.2. The van der Waals surface area contributed by atoms with E-state index < -0.39 is 20.8 Å². The molecule has 0 N–H and O–H groups in total. The number of nitrogens with zero attached hydrogens (tertiary/aromatic N) is 2. The van der Waals surface area contributed by atoms with Crippen LogP contribution in [-0.2, 0) is 29.2 Å². The van der Waals surface area contributed by atoms with Crippen molar-refractivity contribution in [3.05, 3.63) is 48.5 Å². The van der Waals surface area contributed by atoms with E-state index in [1.807, 2.05) is 0 Å². The fraction of sp³-hybridized carbons (Fsp3) is 0.400. The molecule has 0 aliphatic heterocycles. The second kappa shape index (κ2) is 11.8. The van der Waals surface area contributed by atoms with Gasteiger partial charge < -0.3 is 9.11 Å². The van der Waals surface area contributed by atoms with Gasteiger partial charge in [0.05, 0.1) is 56.5 Å². The molecule has 0 aromatic heterocycles. The molecule has 182 valence electrons. The Morgan fingerprint density at radius 2 is 0.750 bits per heavy atom. The lowest BCUT2D eigenvalue weighted by molar-refractivity contribution is 0.312. The third-order valence-corrected chi connectivity index (χ3v) is 4.84. The van der Waals surface area contributed by atoms with E-state index in [0.717, 1.165) is 23.2 Å². The molecule has 10 nitrogen and oxygen atoms in total. The highest BCUT2D eigenvalue weighted by Gasteiger charge is 2.13. The first-order valence-electron chi connectivity index (χ1n) is 9.17. The quantitative estimate of drug-likeness (QED) is 0.351. The van der Waals surface area contributed by atoms with Gasteiger partial charge in [-0.15, -0.1) is 0 Å². The van der Waals surface area contributed by atoms with Crippen LogP contribution in [0.4, 0.5) is 11.4 Å². The van der Waals surface area contributed by atoms with Crippen LogP contribution in [0.15, 0.2) is 48.5 Å². The van der Waals surface area contributed by atoms with Crippen molar-refractivity contribution in [1.29, 1.82) is 0 Å². The number of quaternary nitrogens is 2. The maximum Gasteiger partial charge on any atom is 0.217 e. The van der Waals surface area contributed by atoms with Crippen molar-refractivity contribution in [2.75, 3.05) is 56.5 Å². The predicted octanol–water partition coefficient (Wildman–Crippen LogP) is 1.93. The van der Waals surface area contributed by atoms with Gasteiger partial charge in [-0.3, -0.25) is 17.3 Å². The van der Waals surface area contributed by atoms with Gasteiger partial charge in [0, 0.05) is 0 Å². The van der Waals surface area contributed by atoms with Crippen molar-refractivity contribution < 1.29 is 34.3 Å². The monoisotopic (exact) mass is 492 g/mol. The van der Waals surface area contributed by atoms with E-state index >= 15 is 0 Å². The van der Waals surface area contributed by atoms with Gasteiger partial charge >= 0.3 is 0 Å². The summed E-state index contributed by atoms with van der Waals surface area (Å²) in [6.45, 7) is 0. The smallest absolute Gasteiger partial charge is 0.217 e. The van der Waals surface area contributed by atoms with Crippen molar-refractivity contribution in [2.24, 2.45) is 0 Å². The molecule has 32 heavy (non-hydrogen) atoms. The maximum absolute atomic E-state index is 9.22. The first-order valence-corrected chi connectivity index (χ1v) is 11.8. The van der Waals surface area contributed by atoms with Crippen LogP contribution in [0.1, 0.15) is 0 Å².